The Kier molecular flexibility index (Phi) is 38.4. The number of rotatable bonds is 29. The first-order chi connectivity index (χ1) is 56.9. The maximum atomic E-state index is 12.1. The third-order valence-electron chi connectivity index (χ3n) is 20.5. The molecular formula is C82H130N11O24P5S. The number of nitrogens with one attached hydrogen (secondary N) is 6. The number of ketones is 2. The summed E-state index contributed by atoms with van der Waals surface area (Å²) in [5, 5.41) is 111. The van der Waals surface area contributed by atoms with Crippen molar-refractivity contribution in [2.75, 3.05) is 104 Å². The molecule has 20 atom stereocenters. The van der Waals surface area contributed by atoms with Crippen molar-refractivity contribution in [3.63, 3.8) is 0 Å². The predicted octanol–water partition coefficient (Wildman–Crippen LogP) is 1.68. The molecule has 123 heavy (non-hydrogen) atoms. The van der Waals surface area contributed by atoms with Crippen molar-refractivity contribution in [1.82, 2.24) is 54.4 Å². The van der Waals surface area contributed by atoms with Crippen LogP contribution in [0.4, 0.5) is 0 Å². The molecule has 41 heteroatoms. The van der Waals surface area contributed by atoms with Gasteiger partial charge in [0.15, 0.2) is 47.5 Å². The summed E-state index contributed by atoms with van der Waals surface area (Å²) in [5.74, 6) is -0.424. The highest BCUT2D eigenvalue weighted by Crippen LogP contribution is 2.44. The summed E-state index contributed by atoms with van der Waals surface area (Å²) in [6.45, 7) is 33.3. The van der Waals surface area contributed by atoms with E-state index in [9.17, 15) is 94.2 Å². The minimum Gasteiger partial charge on any atom is -0.388 e. The zero-order valence-electron chi connectivity index (χ0n) is 72.7. The molecule has 3 aromatic heterocycles. The molecule has 0 radical (unpaired) electrons. The number of aliphatic hydroxyl groups excluding tert-OH is 10. The fourth-order valence-electron chi connectivity index (χ4n) is 13.4. The first kappa shape index (κ1) is 105. The third-order valence-corrected chi connectivity index (χ3v) is 28.2. The second-order valence-electron chi connectivity index (χ2n) is 35.1. The van der Waals surface area contributed by atoms with Crippen LogP contribution in [-0.2, 0) is 49.4 Å². The average molecular weight is 1840 g/mol. The standard InChI is InChI=1S/C17H30N3O4PS.2C17H25N2O6P.C16H25N2O4P.C15H25N2O4P/c1-5-7-18-9-11-10-20(17(26)19-15(11)23)16-14(22)13(21)12(24-16)6-8-25(2,3)4;2*1-10(20)5-6-11-9-19(17(24)18-15(11)23)16-14(22)13(21)12(25-16)7-8-26(2,3)4;1-6-11-9-18(10(2)17-15(11)21)16-14(20)13(19)12(22-16)7-8-23(3,4)5;1-9-8-17(10(2)16-14(9)20)15-13(19)12(18)11(21-15)6-7-22(3,4)5/h10,12-14,16,18,21-22H,2,5-9H2,1,3-4H3,(H,19,23,26);2*5-6,9,12-14,16,21-22H,2,7-8H2,1,3-4H3,(H,18,23,24);6,9,12-14,16,19-20H,1-3,7-8H2,4-5H3,(H,17,21);8,11-13,15,18-19H,2-3,6-7H2,1,4-5H3,(H,16,20)/b;2*6-5+;;/t4*12-,13-,14-,16-;11-,12-,13-,15-/m11111/s1. The second-order valence-corrected chi connectivity index (χ2v) is 57.1. The molecule has 2 amide bonds. The van der Waals surface area contributed by atoms with Crippen LogP contribution >= 0.6 is 46.6 Å². The number of aromatic nitrogens is 6. The Morgan fingerprint density at radius 3 is 1.09 bits per heavy atom. The van der Waals surface area contributed by atoms with E-state index < -0.39 is 180 Å². The Morgan fingerprint density at radius 2 is 0.772 bits per heavy atom. The van der Waals surface area contributed by atoms with Gasteiger partial charge in [0.25, 0.3) is 28.5 Å². The van der Waals surface area contributed by atoms with E-state index in [0.29, 0.717) is 67.0 Å². The highest BCUT2D eigenvalue weighted by Gasteiger charge is 2.50. The lowest BCUT2D eigenvalue weighted by atomic mass is 10.1. The van der Waals surface area contributed by atoms with E-state index in [1.807, 2.05) is 6.92 Å². The van der Waals surface area contributed by atoms with Crippen LogP contribution in [0.15, 0.2) is 116 Å². The fourth-order valence-corrected chi connectivity index (χ4v) is 18.5. The van der Waals surface area contributed by atoms with E-state index in [-0.39, 0.29) is 44.8 Å². The van der Waals surface area contributed by atoms with E-state index in [2.05, 4.69) is 149 Å². The van der Waals surface area contributed by atoms with Crippen LogP contribution in [0.2, 0.25) is 0 Å². The number of carbonyl (C=O) groups excluding carboxylic acids is 4. The Balaban J connectivity index is 0.000000238. The summed E-state index contributed by atoms with van der Waals surface area (Å²) in [6, 6.07) is 0. The van der Waals surface area contributed by atoms with Gasteiger partial charge in [0.05, 0.1) is 47.2 Å². The smallest absolute Gasteiger partial charge is 0.330 e. The van der Waals surface area contributed by atoms with Crippen LogP contribution in [0.3, 0.4) is 0 Å². The third kappa shape index (κ3) is 30.5. The van der Waals surface area contributed by atoms with Crippen LogP contribution in [0, 0.1) is 4.77 Å². The molecule has 0 unspecified atom stereocenters. The van der Waals surface area contributed by atoms with Gasteiger partial charge in [-0.3, -0.25) is 62.2 Å². The molecular weight excluding hydrogens is 1710 g/mol. The van der Waals surface area contributed by atoms with Crippen molar-refractivity contribution in [1.29, 1.82) is 0 Å². The summed E-state index contributed by atoms with van der Waals surface area (Å²) in [6.07, 6.45) is 23.7. The largest absolute Gasteiger partial charge is 0.388 e. The lowest BCUT2D eigenvalue weighted by Crippen LogP contribution is -2.47. The SMILES string of the molecule is C=C1NC(=O)C(C)=CN1[C@@H]1O[C@H](CCP(=C)(C)C)[C@@H](O)[C@H]1O.C=CC1=CN([C@@H]2O[C@H](CCP(=C)(C)C)[C@@H](O)[C@H]2O)C(=C)NC1=O.C=P(C)(C)CC[C@H]1O[C@@H](n2cc(/C=C/C(C)=O)c(=O)[nH]c2=O)[C@H](O)[C@@H]1O.C=P(C)(C)CC[C@H]1O[C@@H](n2cc(/C=C/C(C)=O)c(=O)[nH]c2=O)[C@H](O)[C@@H]1O.C=P(C)(C)CC[C@H]1O[C@@H](n2cc(CNCCC)c(=O)[nH]c2=S)[C@H](O)[C@@H]1O. The summed E-state index contributed by atoms with van der Waals surface area (Å²) in [4.78, 5) is 115. The van der Waals surface area contributed by atoms with Crippen molar-refractivity contribution in [3.8, 4) is 0 Å². The minimum atomic E-state index is -1.33. The zero-order valence-corrected chi connectivity index (χ0v) is 78.0. The lowest BCUT2D eigenvalue weighted by Gasteiger charge is -2.34. The van der Waals surface area contributed by atoms with Crippen molar-refractivity contribution < 1.29 is 93.9 Å². The topological polar surface area (TPSA) is 507 Å². The van der Waals surface area contributed by atoms with Crippen molar-refractivity contribution >= 4 is 114 Å². The first-order valence-corrected chi connectivity index (χ1v) is 55.7. The molecule has 3 aromatic rings. The maximum Gasteiger partial charge on any atom is 0.330 e. The van der Waals surface area contributed by atoms with Crippen LogP contribution in [-0.4, -0.2) is 352 Å². The Labute approximate surface area is 722 Å². The first-order valence-electron chi connectivity index (χ1n) is 40.0. The molecule has 16 N–H and O–H groups in total. The molecule has 35 nitrogen and oxygen atoms in total. The number of amides is 2. The Hall–Kier alpha value is -6.62. The molecule has 688 valence electrons. The lowest BCUT2D eigenvalue weighted by molar-refractivity contribution is -0.120. The fraction of sp³-hybridized carbons (Fsp3) is 0.573. The number of hydrogen-bond acceptors (Lipinski definition) is 28. The number of aliphatic hydroxyl groups is 10. The summed E-state index contributed by atoms with van der Waals surface area (Å²) < 4.78 is 32.8. The van der Waals surface area contributed by atoms with Crippen LogP contribution < -0.4 is 44.0 Å². The minimum absolute atomic E-state index is 0.0679. The molecule has 0 spiro atoms. The van der Waals surface area contributed by atoms with Gasteiger partial charge in [-0.25, -0.2) is 9.59 Å². The number of aromatic amines is 3. The maximum absolute atomic E-state index is 12.1. The van der Waals surface area contributed by atoms with Crippen molar-refractivity contribution in [3.05, 3.63) is 165 Å². The number of H-pyrrole nitrogens is 3. The Bertz CT molecular complexity index is 4930. The molecule has 10 heterocycles. The summed E-state index contributed by atoms with van der Waals surface area (Å²) in [5.41, 5.74) is -1.63. The monoisotopic (exact) mass is 1840 g/mol. The van der Waals surface area contributed by atoms with Gasteiger partial charge in [0.1, 0.15) is 72.7 Å². The van der Waals surface area contributed by atoms with E-state index in [1.54, 1.807) is 24.2 Å². The molecule has 7 aliphatic rings. The average Bonchev–Trinajstić information content (AvgIpc) is 1.68. The van der Waals surface area contributed by atoms with Gasteiger partial charge in [-0.05, 0) is 200 Å². The van der Waals surface area contributed by atoms with Crippen LogP contribution in [0.25, 0.3) is 12.2 Å². The molecule has 0 aromatic carbocycles. The molecule has 5 saturated heterocycles. The van der Waals surface area contributed by atoms with Crippen molar-refractivity contribution in [2.24, 2.45) is 0 Å². The van der Waals surface area contributed by atoms with Gasteiger partial charge < -0.3 is 100 Å². The highest BCUT2D eigenvalue weighted by molar-refractivity contribution is 7.73. The molecule has 10 rings (SSSR count). The van der Waals surface area contributed by atoms with Crippen molar-refractivity contribution in [2.45, 2.75) is 195 Å². The molecule has 7 aliphatic heterocycles. The molecule has 5 fully saturated rings. The Morgan fingerprint density at radius 1 is 0.463 bits per heavy atom. The molecule has 0 bridgehead atoms. The normalized spacial score (nSPS) is 28.6. The van der Waals surface area contributed by atoms with E-state index in [1.165, 1.54) is 72.3 Å². The quantitative estimate of drug-likeness (QED) is 0.0203. The van der Waals surface area contributed by atoms with E-state index in [4.69, 9.17) is 35.9 Å². The van der Waals surface area contributed by atoms with Gasteiger partial charge >= 0.3 is 11.4 Å². The predicted molar refractivity (Wildman–Crippen MR) is 496 cm³/mol. The van der Waals surface area contributed by atoms with Gasteiger partial charge in [-0.15, -0.1) is 65.9 Å². The van der Waals surface area contributed by atoms with Crippen LogP contribution in [0.5, 0.6) is 0 Å². The number of hydrogen-bond donors (Lipinski definition) is 16. The summed E-state index contributed by atoms with van der Waals surface area (Å²) in [7, 11) is 0. The van der Waals surface area contributed by atoms with Gasteiger partial charge in [-0.2, -0.15) is 0 Å². The van der Waals surface area contributed by atoms with Gasteiger partial charge in [0.2, 0.25) is 0 Å². The zero-order chi connectivity index (χ0) is 92.8. The number of carbonyl (C=O) groups is 4. The van der Waals surface area contributed by atoms with E-state index in [0.717, 1.165) is 52.9 Å². The van der Waals surface area contributed by atoms with E-state index >= 15 is 0 Å². The van der Waals surface area contributed by atoms with Gasteiger partial charge in [-0.1, -0.05) is 32.7 Å². The molecule has 0 saturated carbocycles. The number of ether oxygens (including phenoxy) is 5. The van der Waals surface area contributed by atoms with Crippen LogP contribution in [0.1, 0.15) is 102 Å². The van der Waals surface area contributed by atoms with Gasteiger partial charge in [0, 0.05) is 48.7 Å². The molecule has 0 aliphatic carbocycles. The number of allylic oxidation sites excluding steroid dienone is 2. The second kappa shape index (κ2) is 44.9. The number of nitrogens with zero attached hydrogens (tertiary/aromatic N) is 5. The highest BCUT2D eigenvalue weighted by atomic mass is 32.1. The summed E-state index contributed by atoms with van der Waals surface area (Å²) >= 11 is 5.24.